The van der Waals surface area contributed by atoms with E-state index in [-0.39, 0.29) is 47.0 Å². The lowest BCUT2D eigenvalue weighted by Crippen LogP contribution is -2.45. The number of benzene rings is 3. The van der Waals surface area contributed by atoms with Crippen LogP contribution < -0.4 is 5.43 Å². The van der Waals surface area contributed by atoms with Gasteiger partial charge >= 0.3 is 0 Å². The molecule has 1 aliphatic heterocycles. The Morgan fingerprint density at radius 3 is 2.34 bits per heavy atom. The molecule has 0 radical (unpaired) electrons. The lowest BCUT2D eigenvalue weighted by atomic mass is 9.87. The number of rotatable bonds is 10. The van der Waals surface area contributed by atoms with Crippen LogP contribution in [-0.4, -0.2) is 49.3 Å². The summed E-state index contributed by atoms with van der Waals surface area (Å²) in [5, 5.41) is 0.375. The van der Waals surface area contributed by atoms with E-state index in [1.54, 1.807) is 60.7 Å². The van der Waals surface area contributed by atoms with Gasteiger partial charge in [0.1, 0.15) is 11.4 Å². The first-order valence-electron chi connectivity index (χ1n) is 14.7. The number of hydrogen-bond acceptors (Lipinski definition) is 6. The van der Waals surface area contributed by atoms with Gasteiger partial charge in [0, 0.05) is 19.7 Å². The molecule has 3 aromatic carbocycles. The maximum Gasteiger partial charge on any atom is 0.243 e. The highest BCUT2D eigenvalue weighted by molar-refractivity contribution is 7.89. The third-order valence-corrected chi connectivity index (χ3v) is 9.68. The Balaban J connectivity index is 1.47. The molecular formula is C34H37FN2O6S. The second-order valence-corrected chi connectivity index (χ2v) is 14.1. The average molecular weight is 621 g/mol. The summed E-state index contributed by atoms with van der Waals surface area (Å²) in [4.78, 5) is 28.8. The molecule has 0 spiro atoms. The molecule has 1 atom stereocenters. The van der Waals surface area contributed by atoms with Gasteiger partial charge in [-0.2, -0.15) is 4.31 Å². The van der Waals surface area contributed by atoms with E-state index >= 15 is 0 Å². The van der Waals surface area contributed by atoms with Crippen molar-refractivity contribution in [2.24, 2.45) is 0 Å². The lowest BCUT2D eigenvalue weighted by molar-refractivity contribution is -0.132. The van der Waals surface area contributed by atoms with Crippen LogP contribution in [0.5, 0.6) is 0 Å². The summed E-state index contributed by atoms with van der Waals surface area (Å²) in [5.74, 6) is -0.942. The highest BCUT2D eigenvalue weighted by Gasteiger charge is 2.33. The van der Waals surface area contributed by atoms with Crippen molar-refractivity contribution in [3.63, 3.8) is 0 Å². The minimum Gasteiger partial charge on any atom is -0.464 e. The van der Waals surface area contributed by atoms with Gasteiger partial charge in [0.2, 0.25) is 15.9 Å². The number of hydrogen-bond donors (Lipinski definition) is 0. The Hall–Kier alpha value is -3.86. The van der Waals surface area contributed by atoms with Gasteiger partial charge in [-0.25, -0.2) is 12.8 Å². The van der Waals surface area contributed by atoms with Crippen LogP contribution in [0.2, 0.25) is 0 Å². The minimum absolute atomic E-state index is 0.0115. The largest absolute Gasteiger partial charge is 0.464 e. The molecule has 1 saturated heterocycles. The van der Waals surface area contributed by atoms with Crippen molar-refractivity contribution in [1.82, 2.24) is 9.21 Å². The van der Waals surface area contributed by atoms with Gasteiger partial charge in [-0.15, -0.1) is 0 Å². The number of ether oxygens (including phenoxy) is 1. The summed E-state index contributed by atoms with van der Waals surface area (Å²) < 4.78 is 54.2. The van der Waals surface area contributed by atoms with Crippen LogP contribution in [0.1, 0.15) is 50.3 Å². The molecule has 1 amide bonds. The quantitative estimate of drug-likeness (QED) is 0.228. The third-order valence-electron chi connectivity index (χ3n) is 7.85. The van der Waals surface area contributed by atoms with E-state index in [1.165, 1.54) is 23.3 Å². The fourth-order valence-electron chi connectivity index (χ4n) is 5.27. The van der Waals surface area contributed by atoms with Gasteiger partial charge in [-0.05, 0) is 65.8 Å². The van der Waals surface area contributed by atoms with Crippen LogP contribution in [0.25, 0.3) is 11.0 Å². The summed E-state index contributed by atoms with van der Waals surface area (Å²) >= 11 is 0. The van der Waals surface area contributed by atoms with Crippen molar-refractivity contribution in [1.29, 1.82) is 0 Å². The minimum atomic E-state index is -4.09. The Morgan fingerprint density at radius 2 is 1.68 bits per heavy atom. The molecule has 0 saturated carbocycles. The topological polar surface area (TPSA) is 97.1 Å². The summed E-state index contributed by atoms with van der Waals surface area (Å²) in [7, 11) is -4.09. The van der Waals surface area contributed by atoms with Crippen LogP contribution in [0.3, 0.4) is 0 Å². The molecule has 1 aliphatic rings. The second kappa shape index (κ2) is 13.0. The summed E-state index contributed by atoms with van der Waals surface area (Å²) in [6.07, 6.45) is 2.47. The van der Waals surface area contributed by atoms with Crippen LogP contribution in [-0.2, 0) is 38.1 Å². The molecular weight excluding hydrogens is 583 g/mol. The number of sulfonamides is 1. The van der Waals surface area contributed by atoms with E-state index < -0.39 is 28.3 Å². The fourth-order valence-corrected chi connectivity index (χ4v) is 6.69. The van der Waals surface area contributed by atoms with Crippen molar-refractivity contribution in [3.05, 3.63) is 112 Å². The van der Waals surface area contributed by atoms with Crippen LogP contribution in [0.15, 0.2) is 93.2 Å². The molecule has 0 aliphatic carbocycles. The Bertz CT molecular complexity index is 1770. The molecule has 1 aromatic heterocycles. The average Bonchev–Trinajstić information content (AvgIpc) is 3.52. The van der Waals surface area contributed by atoms with Crippen LogP contribution >= 0.6 is 0 Å². The van der Waals surface area contributed by atoms with Crippen molar-refractivity contribution in [3.8, 4) is 0 Å². The fraction of sp³-hybridized carbons (Fsp3) is 0.353. The second-order valence-electron chi connectivity index (χ2n) is 12.2. The number of amides is 1. The molecule has 0 bridgehead atoms. The Kier molecular flexibility index (Phi) is 9.34. The molecule has 0 unspecified atom stereocenters. The predicted molar refractivity (Wildman–Crippen MR) is 166 cm³/mol. The van der Waals surface area contributed by atoms with Gasteiger partial charge in [0.25, 0.3) is 0 Å². The number of carbonyl (C=O) groups excluding carboxylic acids is 1. The SMILES string of the molecule is CC(C)(C)c1ccc(S(=O)(=O)N(CC(=O)N(Cc2ccc(F)cc2)Cc2coc3ccccc3c2=O)C[C@@H]2CCCO2)cc1. The molecule has 1 fully saturated rings. The predicted octanol–water partition coefficient (Wildman–Crippen LogP) is 5.63. The number of nitrogens with zero attached hydrogens (tertiary/aromatic N) is 2. The highest BCUT2D eigenvalue weighted by atomic mass is 32.2. The number of halogens is 1. The first-order valence-corrected chi connectivity index (χ1v) is 16.1. The standard InChI is InChI=1S/C34H37FN2O6S/c1-34(2,3)26-12-16-29(17-13-26)44(40,41)37(21-28-7-6-18-42-28)22-32(38)36(19-24-10-14-27(35)15-11-24)20-25-23-43-31-9-5-4-8-30(31)33(25)39/h4-5,8-17,23,28H,6-7,18-22H2,1-3H3/t28-/m0/s1. The van der Waals surface area contributed by atoms with Crippen LogP contribution in [0.4, 0.5) is 4.39 Å². The molecule has 8 nitrogen and oxygen atoms in total. The Labute approximate surface area is 257 Å². The van der Waals surface area contributed by atoms with E-state index in [0.717, 1.165) is 16.3 Å². The van der Waals surface area contributed by atoms with Crippen molar-refractivity contribution in [2.45, 2.75) is 63.1 Å². The smallest absolute Gasteiger partial charge is 0.243 e. The molecule has 44 heavy (non-hydrogen) atoms. The van der Waals surface area contributed by atoms with Crippen molar-refractivity contribution >= 4 is 26.9 Å². The van der Waals surface area contributed by atoms with Gasteiger partial charge in [-0.1, -0.05) is 57.2 Å². The molecule has 5 rings (SSSR count). The normalized spacial score (nSPS) is 15.6. The maximum absolute atomic E-state index is 14.0. The summed E-state index contributed by atoms with van der Waals surface area (Å²) in [5.41, 5.74) is 1.82. The van der Waals surface area contributed by atoms with E-state index in [0.29, 0.717) is 29.6 Å². The van der Waals surface area contributed by atoms with Crippen molar-refractivity contribution < 1.29 is 26.8 Å². The van der Waals surface area contributed by atoms with E-state index in [9.17, 15) is 22.4 Å². The summed E-state index contributed by atoms with van der Waals surface area (Å²) in [6, 6.07) is 19.2. The van der Waals surface area contributed by atoms with E-state index in [1.807, 2.05) is 20.8 Å². The number of para-hydroxylation sites is 1. The molecule has 2 heterocycles. The van der Waals surface area contributed by atoms with Gasteiger partial charge in [-0.3, -0.25) is 9.59 Å². The number of fused-ring (bicyclic) bond motifs is 1. The van der Waals surface area contributed by atoms with Gasteiger partial charge < -0.3 is 14.1 Å². The van der Waals surface area contributed by atoms with Gasteiger partial charge in [0.05, 0.1) is 41.3 Å². The van der Waals surface area contributed by atoms with Gasteiger partial charge in [0.15, 0.2) is 5.43 Å². The van der Waals surface area contributed by atoms with E-state index in [2.05, 4.69) is 0 Å². The molecule has 232 valence electrons. The Morgan fingerprint density at radius 1 is 0.977 bits per heavy atom. The zero-order chi connectivity index (χ0) is 31.5. The molecule has 10 heteroatoms. The summed E-state index contributed by atoms with van der Waals surface area (Å²) in [6.45, 7) is 6.11. The lowest BCUT2D eigenvalue weighted by Gasteiger charge is -2.29. The first kappa shape index (κ1) is 31.6. The highest BCUT2D eigenvalue weighted by Crippen LogP contribution is 2.26. The van der Waals surface area contributed by atoms with Crippen molar-refractivity contribution in [2.75, 3.05) is 19.7 Å². The monoisotopic (exact) mass is 620 g/mol. The zero-order valence-corrected chi connectivity index (χ0v) is 26.0. The molecule has 4 aromatic rings. The maximum atomic E-state index is 14.0. The third kappa shape index (κ3) is 7.26. The first-order chi connectivity index (χ1) is 20.9. The van der Waals surface area contributed by atoms with E-state index in [4.69, 9.17) is 9.15 Å². The molecule has 0 N–H and O–H groups in total. The number of carbonyl (C=O) groups is 1. The van der Waals surface area contributed by atoms with Crippen LogP contribution in [0, 0.1) is 5.82 Å². The zero-order valence-electron chi connectivity index (χ0n) is 25.2.